The van der Waals surface area contributed by atoms with E-state index < -0.39 is 0 Å². The van der Waals surface area contributed by atoms with Crippen LogP contribution in [0.25, 0.3) is 0 Å². The third kappa shape index (κ3) is 2.72. The number of hydrogen-bond donors (Lipinski definition) is 1. The van der Waals surface area contributed by atoms with Gasteiger partial charge >= 0.3 is 0 Å². The zero-order valence-electron chi connectivity index (χ0n) is 8.00. The van der Waals surface area contributed by atoms with Crippen molar-refractivity contribution in [3.8, 4) is 5.75 Å². The van der Waals surface area contributed by atoms with E-state index in [9.17, 15) is 0 Å². The van der Waals surface area contributed by atoms with Gasteiger partial charge in [-0.15, -0.1) is 0 Å². The Morgan fingerprint density at radius 1 is 1.43 bits per heavy atom. The number of rotatable bonds is 2. The van der Waals surface area contributed by atoms with Gasteiger partial charge in [0.15, 0.2) is 0 Å². The smallest absolute Gasteiger partial charge is 0.120 e. The van der Waals surface area contributed by atoms with Gasteiger partial charge in [0.25, 0.3) is 0 Å². The molecule has 0 radical (unpaired) electrons. The predicted molar refractivity (Wildman–Crippen MR) is 60.7 cm³/mol. The van der Waals surface area contributed by atoms with Crippen molar-refractivity contribution < 1.29 is 4.74 Å². The number of piperidine rings is 1. The first-order chi connectivity index (χ1) is 6.84. The van der Waals surface area contributed by atoms with E-state index in [0.29, 0.717) is 6.10 Å². The van der Waals surface area contributed by atoms with Crippen LogP contribution in [0.4, 0.5) is 0 Å². The maximum atomic E-state index is 5.84. The van der Waals surface area contributed by atoms with Crippen LogP contribution < -0.4 is 10.1 Å². The van der Waals surface area contributed by atoms with Gasteiger partial charge in [0.1, 0.15) is 11.9 Å². The van der Waals surface area contributed by atoms with Crippen LogP contribution >= 0.6 is 15.9 Å². The van der Waals surface area contributed by atoms with Gasteiger partial charge < -0.3 is 10.1 Å². The Bertz CT molecular complexity index is 297. The fraction of sp³-hybridized carbons (Fsp3) is 0.455. The van der Waals surface area contributed by atoms with Crippen molar-refractivity contribution in [3.63, 3.8) is 0 Å². The molecule has 1 saturated heterocycles. The Morgan fingerprint density at radius 3 is 3.07 bits per heavy atom. The van der Waals surface area contributed by atoms with Crippen molar-refractivity contribution in [1.29, 1.82) is 0 Å². The van der Waals surface area contributed by atoms with Crippen molar-refractivity contribution in [2.45, 2.75) is 18.9 Å². The summed E-state index contributed by atoms with van der Waals surface area (Å²) in [5, 5.41) is 3.33. The molecular formula is C11H14BrNO. The van der Waals surface area contributed by atoms with Crippen molar-refractivity contribution in [2.24, 2.45) is 0 Å². The zero-order valence-corrected chi connectivity index (χ0v) is 9.59. The Hall–Kier alpha value is -0.540. The molecule has 2 rings (SSSR count). The average Bonchev–Trinajstić information content (AvgIpc) is 2.19. The van der Waals surface area contributed by atoms with Crippen LogP contribution in [-0.2, 0) is 0 Å². The average molecular weight is 256 g/mol. The van der Waals surface area contributed by atoms with E-state index >= 15 is 0 Å². The molecule has 0 aliphatic carbocycles. The van der Waals surface area contributed by atoms with Gasteiger partial charge in [-0.2, -0.15) is 0 Å². The minimum atomic E-state index is 0.332. The number of halogens is 1. The van der Waals surface area contributed by atoms with Crippen molar-refractivity contribution in [1.82, 2.24) is 5.32 Å². The molecular weight excluding hydrogens is 242 g/mol. The molecule has 14 heavy (non-hydrogen) atoms. The minimum absolute atomic E-state index is 0.332. The van der Waals surface area contributed by atoms with Crippen LogP contribution in [0.3, 0.4) is 0 Å². The molecule has 1 aliphatic heterocycles. The van der Waals surface area contributed by atoms with Crippen molar-refractivity contribution in [2.75, 3.05) is 13.1 Å². The van der Waals surface area contributed by atoms with Crippen molar-refractivity contribution >= 4 is 15.9 Å². The molecule has 0 amide bonds. The number of nitrogens with one attached hydrogen (secondary N) is 1. The minimum Gasteiger partial charge on any atom is -0.489 e. The summed E-state index contributed by atoms with van der Waals surface area (Å²) in [6.45, 7) is 2.09. The summed E-state index contributed by atoms with van der Waals surface area (Å²) in [4.78, 5) is 0. The first-order valence-electron chi connectivity index (χ1n) is 4.97. The van der Waals surface area contributed by atoms with E-state index in [1.165, 1.54) is 6.42 Å². The van der Waals surface area contributed by atoms with Gasteiger partial charge in [-0.1, -0.05) is 22.0 Å². The van der Waals surface area contributed by atoms with Crippen LogP contribution in [0.1, 0.15) is 12.8 Å². The van der Waals surface area contributed by atoms with Crippen LogP contribution in [0.2, 0.25) is 0 Å². The molecule has 1 N–H and O–H groups in total. The molecule has 1 atom stereocenters. The second kappa shape index (κ2) is 4.80. The summed E-state index contributed by atoms with van der Waals surface area (Å²) < 4.78 is 6.91. The Kier molecular flexibility index (Phi) is 3.43. The van der Waals surface area contributed by atoms with Crippen molar-refractivity contribution in [3.05, 3.63) is 28.7 Å². The van der Waals surface area contributed by atoms with E-state index in [4.69, 9.17) is 4.74 Å². The normalized spacial score (nSPS) is 21.9. The van der Waals surface area contributed by atoms with E-state index in [1.54, 1.807) is 0 Å². The summed E-state index contributed by atoms with van der Waals surface area (Å²) in [5.74, 6) is 0.952. The number of ether oxygens (including phenoxy) is 1. The fourth-order valence-corrected chi connectivity index (χ4v) is 2.03. The molecule has 2 nitrogen and oxygen atoms in total. The Morgan fingerprint density at radius 2 is 2.36 bits per heavy atom. The molecule has 1 fully saturated rings. The standard InChI is InChI=1S/C11H14BrNO/c12-9-3-1-4-10(7-9)14-11-5-2-6-13-8-11/h1,3-4,7,11,13H,2,5-6,8H2/t11-/m0/s1. The van der Waals surface area contributed by atoms with Gasteiger partial charge in [-0.25, -0.2) is 0 Å². The Balaban J connectivity index is 1.95. The lowest BCUT2D eigenvalue weighted by atomic mass is 10.1. The molecule has 1 heterocycles. The highest BCUT2D eigenvalue weighted by Crippen LogP contribution is 2.20. The lowest BCUT2D eigenvalue weighted by Crippen LogP contribution is -2.37. The van der Waals surface area contributed by atoms with Gasteiger partial charge in [0.2, 0.25) is 0 Å². The lowest BCUT2D eigenvalue weighted by molar-refractivity contribution is 0.167. The molecule has 3 heteroatoms. The van der Waals surface area contributed by atoms with Gasteiger partial charge in [0, 0.05) is 11.0 Å². The van der Waals surface area contributed by atoms with E-state index in [2.05, 4.69) is 21.2 Å². The quantitative estimate of drug-likeness (QED) is 0.878. The topological polar surface area (TPSA) is 21.3 Å². The Labute approximate surface area is 92.8 Å². The fourth-order valence-electron chi connectivity index (χ4n) is 1.65. The molecule has 76 valence electrons. The molecule has 0 spiro atoms. The summed E-state index contributed by atoms with van der Waals surface area (Å²) in [7, 11) is 0. The summed E-state index contributed by atoms with van der Waals surface area (Å²) >= 11 is 3.43. The molecule has 0 saturated carbocycles. The molecule has 1 aromatic rings. The maximum absolute atomic E-state index is 5.84. The zero-order chi connectivity index (χ0) is 9.80. The van der Waals surface area contributed by atoms with Gasteiger partial charge in [-0.05, 0) is 37.6 Å². The highest BCUT2D eigenvalue weighted by molar-refractivity contribution is 9.10. The third-order valence-electron chi connectivity index (χ3n) is 2.35. The monoisotopic (exact) mass is 255 g/mol. The summed E-state index contributed by atoms with van der Waals surface area (Å²) in [6.07, 6.45) is 2.69. The van der Waals surface area contributed by atoms with Gasteiger partial charge in [-0.3, -0.25) is 0 Å². The largest absolute Gasteiger partial charge is 0.489 e. The number of hydrogen-bond acceptors (Lipinski definition) is 2. The molecule has 1 aromatic carbocycles. The van der Waals surface area contributed by atoms with E-state index in [-0.39, 0.29) is 0 Å². The molecule has 1 aliphatic rings. The first kappa shape index (κ1) is 9.99. The SMILES string of the molecule is Brc1cccc(O[C@H]2CCCNC2)c1. The van der Waals surface area contributed by atoms with Crippen LogP contribution in [0, 0.1) is 0 Å². The maximum Gasteiger partial charge on any atom is 0.120 e. The highest BCUT2D eigenvalue weighted by Gasteiger charge is 2.13. The van der Waals surface area contributed by atoms with E-state index in [0.717, 1.165) is 29.7 Å². The van der Waals surface area contributed by atoms with Gasteiger partial charge in [0.05, 0.1) is 0 Å². The van der Waals surface area contributed by atoms with Crippen LogP contribution in [0.5, 0.6) is 5.75 Å². The number of benzene rings is 1. The summed E-state index contributed by atoms with van der Waals surface area (Å²) in [6, 6.07) is 8.01. The second-order valence-corrected chi connectivity index (χ2v) is 4.46. The van der Waals surface area contributed by atoms with Crippen LogP contribution in [-0.4, -0.2) is 19.2 Å². The highest BCUT2D eigenvalue weighted by atomic mass is 79.9. The second-order valence-electron chi connectivity index (χ2n) is 3.54. The predicted octanol–water partition coefficient (Wildman–Crippen LogP) is 2.58. The third-order valence-corrected chi connectivity index (χ3v) is 2.84. The lowest BCUT2D eigenvalue weighted by Gasteiger charge is -2.23. The molecule has 0 unspecified atom stereocenters. The van der Waals surface area contributed by atoms with Crippen LogP contribution in [0.15, 0.2) is 28.7 Å². The van der Waals surface area contributed by atoms with E-state index in [1.807, 2.05) is 24.3 Å². The summed E-state index contributed by atoms with van der Waals surface area (Å²) in [5.41, 5.74) is 0. The molecule has 0 bridgehead atoms. The first-order valence-corrected chi connectivity index (χ1v) is 5.77. The molecule has 0 aromatic heterocycles.